The van der Waals surface area contributed by atoms with E-state index in [1.165, 1.54) is 5.56 Å². The quantitative estimate of drug-likeness (QED) is 0.598. The Hall–Kier alpha value is -2.17. The number of esters is 1. The lowest BCUT2D eigenvalue weighted by Gasteiger charge is -2.17. The van der Waals surface area contributed by atoms with Crippen LogP contribution in [0.2, 0.25) is 0 Å². The SMILES string of the molecule is CC(C)Cc1ccc(C(C)C(=O)OCN2C(=O)CCC2=O)cc1. The van der Waals surface area contributed by atoms with E-state index in [-0.39, 0.29) is 31.4 Å². The first-order valence-electron chi connectivity index (χ1n) is 7.97. The largest absolute Gasteiger partial charge is 0.443 e. The molecule has 1 aromatic rings. The van der Waals surface area contributed by atoms with Gasteiger partial charge in [0.25, 0.3) is 0 Å². The summed E-state index contributed by atoms with van der Waals surface area (Å²) < 4.78 is 5.12. The minimum atomic E-state index is -0.436. The zero-order valence-corrected chi connectivity index (χ0v) is 13.9. The zero-order valence-electron chi connectivity index (χ0n) is 13.9. The van der Waals surface area contributed by atoms with Crippen molar-refractivity contribution >= 4 is 17.8 Å². The molecule has 0 saturated carbocycles. The molecular weight excluding hydrogens is 294 g/mol. The Kier molecular flexibility index (Phi) is 5.53. The lowest BCUT2D eigenvalue weighted by molar-refractivity contribution is -0.156. The fraction of sp³-hybridized carbons (Fsp3) is 0.500. The molecule has 1 aliphatic heterocycles. The van der Waals surface area contributed by atoms with E-state index in [1.54, 1.807) is 6.92 Å². The van der Waals surface area contributed by atoms with Crippen molar-refractivity contribution < 1.29 is 19.1 Å². The summed E-state index contributed by atoms with van der Waals surface area (Å²) in [6, 6.07) is 7.89. The number of nitrogens with zero attached hydrogens (tertiary/aromatic N) is 1. The highest BCUT2D eigenvalue weighted by Gasteiger charge is 2.30. The molecule has 1 saturated heterocycles. The fourth-order valence-corrected chi connectivity index (χ4v) is 2.57. The maximum absolute atomic E-state index is 12.1. The summed E-state index contributed by atoms with van der Waals surface area (Å²) in [7, 11) is 0. The van der Waals surface area contributed by atoms with Crippen LogP contribution in [0.3, 0.4) is 0 Å². The highest BCUT2D eigenvalue weighted by molar-refractivity contribution is 6.01. The second-order valence-corrected chi connectivity index (χ2v) is 6.37. The fourth-order valence-electron chi connectivity index (χ4n) is 2.57. The molecule has 1 heterocycles. The van der Waals surface area contributed by atoms with Crippen molar-refractivity contribution in [3.8, 4) is 0 Å². The van der Waals surface area contributed by atoms with Crippen molar-refractivity contribution in [2.45, 2.75) is 46.0 Å². The number of rotatable bonds is 6. The third-order valence-electron chi connectivity index (χ3n) is 3.97. The van der Waals surface area contributed by atoms with Gasteiger partial charge in [-0.2, -0.15) is 0 Å². The minimum Gasteiger partial charge on any atom is -0.443 e. The van der Waals surface area contributed by atoms with Gasteiger partial charge in [-0.15, -0.1) is 0 Å². The lowest BCUT2D eigenvalue weighted by atomic mass is 9.97. The summed E-state index contributed by atoms with van der Waals surface area (Å²) in [6.07, 6.45) is 1.39. The van der Waals surface area contributed by atoms with Crippen molar-refractivity contribution in [2.24, 2.45) is 5.92 Å². The number of carbonyl (C=O) groups excluding carboxylic acids is 3. The third-order valence-corrected chi connectivity index (χ3v) is 3.97. The molecule has 2 rings (SSSR count). The van der Waals surface area contributed by atoms with E-state index < -0.39 is 11.9 Å². The Balaban J connectivity index is 1.91. The van der Waals surface area contributed by atoms with E-state index in [2.05, 4.69) is 13.8 Å². The van der Waals surface area contributed by atoms with Gasteiger partial charge in [0.15, 0.2) is 6.73 Å². The second-order valence-electron chi connectivity index (χ2n) is 6.37. The van der Waals surface area contributed by atoms with Crippen LogP contribution in [0.25, 0.3) is 0 Å². The first-order valence-corrected chi connectivity index (χ1v) is 7.97. The summed E-state index contributed by atoms with van der Waals surface area (Å²) in [5.41, 5.74) is 2.10. The number of likely N-dealkylation sites (tertiary alicyclic amines) is 1. The van der Waals surface area contributed by atoms with E-state index in [4.69, 9.17) is 4.74 Å². The highest BCUT2D eigenvalue weighted by Crippen LogP contribution is 2.19. The van der Waals surface area contributed by atoms with E-state index in [0.717, 1.165) is 16.9 Å². The Labute approximate surface area is 136 Å². The Morgan fingerprint density at radius 2 is 1.65 bits per heavy atom. The monoisotopic (exact) mass is 317 g/mol. The predicted molar refractivity (Wildman–Crippen MR) is 85.4 cm³/mol. The normalized spacial score (nSPS) is 16.1. The topological polar surface area (TPSA) is 63.7 Å². The minimum absolute atomic E-state index is 0.198. The second kappa shape index (κ2) is 7.40. The molecule has 0 bridgehead atoms. The first kappa shape index (κ1) is 17.2. The van der Waals surface area contributed by atoms with E-state index in [0.29, 0.717) is 5.92 Å². The molecule has 124 valence electrons. The number of amides is 2. The summed E-state index contributed by atoms with van der Waals surface area (Å²) >= 11 is 0. The van der Waals surface area contributed by atoms with Crippen LogP contribution in [0.1, 0.15) is 50.7 Å². The van der Waals surface area contributed by atoms with Crippen molar-refractivity contribution in [2.75, 3.05) is 6.73 Å². The maximum Gasteiger partial charge on any atom is 0.314 e. The zero-order chi connectivity index (χ0) is 17.0. The van der Waals surface area contributed by atoms with Crippen molar-refractivity contribution in [3.05, 3.63) is 35.4 Å². The van der Waals surface area contributed by atoms with Crippen LogP contribution < -0.4 is 0 Å². The Morgan fingerprint density at radius 1 is 1.09 bits per heavy atom. The van der Waals surface area contributed by atoms with Crippen molar-refractivity contribution in [1.82, 2.24) is 4.90 Å². The Bertz CT molecular complexity index is 576. The van der Waals surface area contributed by atoms with E-state index in [9.17, 15) is 14.4 Å². The molecule has 1 atom stereocenters. The highest BCUT2D eigenvalue weighted by atomic mass is 16.5. The maximum atomic E-state index is 12.1. The van der Waals surface area contributed by atoms with Crippen LogP contribution in [-0.2, 0) is 25.5 Å². The van der Waals surface area contributed by atoms with Gasteiger partial charge in [-0.25, -0.2) is 4.90 Å². The van der Waals surface area contributed by atoms with E-state index >= 15 is 0 Å². The van der Waals surface area contributed by atoms with Gasteiger partial charge in [0, 0.05) is 12.8 Å². The molecule has 1 aromatic carbocycles. The van der Waals surface area contributed by atoms with Crippen LogP contribution in [0.5, 0.6) is 0 Å². The van der Waals surface area contributed by atoms with Crippen LogP contribution in [0.15, 0.2) is 24.3 Å². The van der Waals surface area contributed by atoms with Gasteiger partial charge in [-0.3, -0.25) is 14.4 Å². The molecule has 5 nitrogen and oxygen atoms in total. The van der Waals surface area contributed by atoms with Crippen molar-refractivity contribution in [1.29, 1.82) is 0 Å². The van der Waals surface area contributed by atoms with Gasteiger partial charge in [-0.05, 0) is 30.4 Å². The standard InChI is InChI=1S/C18H23NO4/c1-12(2)10-14-4-6-15(7-5-14)13(3)18(22)23-11-19-16(20)8-9-17(19)21/h4-7,12-13H,8-11H2,1-3H3. The number of hydrogen-bond donors (Lipinski definition) is 0. The first-order chi connectivity index (χ1) is 10.9. The summed E-state index contributed by atoms with van der Waals surface area (Å²) in [6.45, 7) is 5.80. The van der Waals surface area contributed by atoms with Crippen LogP contribution in [-0.4, -0.2) is 29.4 Å². The molecule has 2 amide bonds. The summed E-state index contributed by atoms with van der Waals surface area (Å²) in [5, 5.41) is 0. The molecule has 0 radical (unpaired) electrons. The molecule has 1 unspecified atom stereocenters. The van der Waals surface area contributed by atoms with Gasteiger partial charge in [0.05, 0.1) is 5.92 Å². The molecule has 0 aromatic heterocycles. The summed E-state index contributed by atoms with van der Waals surface area (Å²) in [5.74, 6) is -0.856. The van der Waals surface area contributed by atoms with Gasteiger partial charge in [0.1, 0.15) is 0 Å². The molecule has 0 aliphatic carbocycles. The van der Waals surface area contributed by atoms with Crippen molar-refractivity contribution in [3.63, 3.8) is 0 Å². The molecular formula is C18H23NO4. The molecule has 1 fully saturated rings. The van der Waals surface area contributed by atoms with Gasteiger partial charge in [-0.1, -0.05) is 38.1 Å². The van der Waals surface area contributed by atoms with Crippen LogP contribution in [0.4, 0.5) is 0 Å². The van der Waals surface area contributed by atoms with Crippen LogP contribution >= 0.6 is 0 Å². The number of hydrogen-bond acceptors (Lipinski definition) is 4. The average molecular weight is 317 g/mol. The van der Waals surface area contributed by atoms with E-state index in [1.807, 2.05) is 24.3 Å². The van der Waals surface area contributed by atoms with Gasteiger partial charge < -0.3 is 4.74 Å². The summed E-state index contributed by atoms with van der Waals surface area (Å²) in [4.78, 5) is 36.1. The molecule has 0 N–H and O–H groups in total. The van der Waals surface area contributed by atoms with Gasteiger partial charge in [0.2, 0.25) is 11.8 Å². The lowest BCUT2D eigenvalue weighted by Crippen LogP contribution is -2.33. The number of imide groups is 1. The number of benzene rings is 1. The number of carbonyl (C=O) groups is 3. The molecule has 5 heteroatoms. The molecule has 1 aliphatic rings. The number of ether oxygens (including phenoxy) is 1. The smallest absolute Gasteiger partial charge is 0.314 e. The predicted octanol–water partition coefficient (Wildman–Crippen LogP) is 2.64. The van der Waals surface area contributed by atoms with Crippen LogP contribution in [0, 0.1) is 5.92 Å². The average Bonchev–Trinajstić information content (AvgIpc) is 2.83. The third kappa shape index (κ3) is 4.41. The Morgan fingerprint density at radius 3 is 2.17 bits per heavy atom. The molecule has 0 spiro atoms. The van der Waals surface area contributed by atoms with Gasteiger partial charge >= 0.3 is 5.97 Å². The molecule has 23 heavy (non-hydrogen) atoms.